The standard InChI is InChI=1S/C21H30O2/c1-5-6-7-8-15-12-18(22)20-16-11-14(2)9-10-17(16)21(3,4)23-19(20)13-15/h11-13,16-17,22H,5-10H2,1-4H3/t16-,17-/m1/s1/i2D3,9D2,10D2,11D,17D. The van der Waals surface area contributed by atoms with Gasteiger partial charge in [-0.05, 0) is 64.0 Å². The van der Waals surface area contributed by atoms with E-state index >= 15 is 0 Å². The third-order valence-corrected chi connectivity index (χ3v) is 4.45. The van der Waals surface area contributed by atoms with Crippen molar-refractivity contribution in [3.63, 3.8) is 0 Å². The van der Waals surface area contributed by atoms with Crippen LogP contribution in [0, 0.1) is 5.89 Å². The van der Waals surface area contributed by atoms with Gasteiger partial charge in [0.1, 0.15) is 17.1 Å². The summed E-state index contributed by atoms with van der Waals surface area (Å²) in [5.41, 5.74) is -1.87. The van der Waals surface area contributed by atoms with Crippen LogP contribution >= 0.6 is 0 Å². The minimum Gasteiger partial charge on any atom is -0.507 e. The Morgan fingerprint density at radius 2 is 2.30 bits per heavy atom. The van der Waals surface area contributed by atoms with Crippen LogP contribution in [-0.2, 0) is 6.42 Å². The van der Waals surface area contributed by atoms with Gasteiger partial charge < -0.3 is 9.84 Å². The Morgan fingerprint density at radius 3 is 3.04 bits per heavy atom. The zero-order valence-corrected chi connectivity index (χ0v) is 13.9. The average molecular weight is 324 g/mol. The maximum atomic E-state index is 10.9. The molecule has 1 aliphatic heterocycles. The number of aromatic hydroxyl groups is 1. The third-order valence-electron chi connectivity index (χ3n) is 4.45. The molecule has 23 heavy (non-hydrogen) atoms. The highest BCUT2D eigenvalue weighted by Crippen LogP contribution is 2.53. The van der Waals surface area contributed by atoms with Gasteiger partial charge in [0.15, 0.2) is 0 Å². The Morgan fingerprint density at radius 1 is 1.48 bits per heavy atom. The van der Waals surface area contributed by atoms with Crippen molar-refractivity contribution in [2.24, 2.45) is 5.89 Å². The molecular weight excluding hydrogens is 284 g/mol. The molecule has 126 valence electrons. The van der Waals surface area contributed by atoms with Gasteiger partial charge in [0.2, 0.25) is 0 Å². The van der Waals surface area contributed by atoms with Gasteiger partial charge in [-0.1, -0.05) is 31.4 Å². The normalized spacial score (nSPS) is 39.4. The van der Waals surface area contributed by atoms with E-state index in [9.17, 15) is 6.48 Å². The van der Waals surface area contributed by atoms with Crippen LogP contribution in [0.15, 0.2) is 23.8 Å². The molecule has 1 aromatic rings. The van der Waals surface area contributed by atoms with Gasteiger partial charge in [-0.25, -0.2) is 0 Å². The van der Waals surface area contributed by atoms with Crippen molar-refractivity contribution >= 4 is 0 Å². The number of unbranched alkanes of at least 4 members (excludes halogenated alkanes) is 2. The molecule has 0 saturated carbocycles. The molecule has 0 bridgehead atoms. The van der Waals surface area contributed by atoms with E-state index in [0.717, 1.165) is 24.8 Å². The van der Waals surface area contributed by atoms with Crippen molar-refractivity contribution in [2.45, 2.75) is 77.6 Å². The molecule has 1 aromatic carbocycles. The predicted molar refractivity (Wildman–Crippen MR) is 95.3 cm³/mol. The molecular formula is C21H30O2. The van der Waals surface area contributed by atoms with Gasteiger partial charge in [-0.2, -0.15) is 0 Å². The lowest BCUT2D eigenvalue weighted by atomic mass is 9.68. The van der Waals surface area contributed by atoms with Crippen LogP contribution in [0.25, 0.3) is 0 Å². The van der Waals surface area contributed by atoms with Crippen LogP contribution in [0.1, 0.15) is 89.0 Å². The number of aryl methyl sites for hydroxylation is 1. The fourth-order valence-electron chi connectivity index (χ4n) is 3.26. The van der Waals surface area contributed by atoms with Gasteiger partial charge in [0, 0.05) is 28.3 Å². The molecule has 0 amide bonds. The summed E-state index contributed by atoms with van der Waals surface area (Å²) in [7, 11) is 0. The Balaban J connectivity index is 2.35. The minimum absolute atomic E-state index is 0.0373. The van der Waals surface area contributed by atoms with Crippen molar-refractivity contribution in [2.75, 3.05) is 0 Å². The van der Waals surface area contributed by atoms with Crippen LogP contribution in [0.2, 0.25) is 0 Å². The van der Waals surface area contributed by atoms with E-state index in [2.05, 4.69) is 6.92 Å². The highest BCUT2D eigenvalue weighted by atomic mass is 16.5. The van der Waals surface area contributed by atoms with Gasteiger partial charge >= 0.3 is 0 Å². The fraction of sp³-hybridized carbons (Fsp3) is 0.619. The SMILES string of the molecule is [2H]C1=C(C([2H])([2H])[2H])C([2H])([2H])C([2H])([2H])[C@]2([2H])[C@@H]1c1c(O)cc(CCCCC)cc1OC2(C)C. The topological polar surface area (TPSA) is 29.5 Å². The second-order valence-corrected chi connectivity index (χ2v) is 6.71. The van der Waals surface area contributed by atoms with Crippen molar-refractivity contribution < 1.29 is 22.2 Å². The van der Waals surface area contributed by atoms with E-state index in [0.29, 0.717) is 6.42 Å². The lowest BCUT2D eigenvalue weighted by molar-refractivity contribution is 0.0107. The molecule has 2 heteroatoms. The van der Waals surface area contributed by atoms with Gasteiger partial charge in [-0.15, -0.1) is 0 Å². The maximum absolute atomic E-state index is 10.9. The van der Waals surface area contributed by atoms with E-state index in [-0.39, 0.29) is 17.1 Å². The Kier molecular flexibility index (Phi) is 2.33. The summed E-state index contributed by atoms with van der Waals surface area (Å²) in [5, 5.41) is 10.9. The average Bonchev–Trinajstić information content (AvgIpc) is 2.60. The number of allylic oxidation sites excluding steroid dienone is 2. The van der Waals surface area contributed by atoms with Gasteiger partial charge in [-0.3, -0.25) is 0 Å². The van der Waals surface area contributed by atoms with Crippen LogP contribution < -0.4 is 4.74 Å². The maximum Gasteiger partial charge on any atom is 0.127 e. The first kappa shape index (κ1) is 8.60. The van der Waals surface area contributed by atoms with Crippen molar-refractivity contribution in [3.05, 3.63) is 34.9 Å². The third kappa shape index (κ3) is 3.13. The summed E-state index contributed by atoms with van der Waals surface area (Å²) in [6.07, 6.45) is -2.60. The molecule has 0 spiro atoms. The summed E-state index contributed by atoms with van der Waals surface area (Å²) in [6, 6.07) is 2.47. The van der Waals surface area contributed by atoms with Crippen LogP contribution in [0.5, 0.6) is 11.5 Å². The molecule has 2 aliphatic rings. The van der Waals surface area contributed by atoms with Crippen molar-refractivity contribution in [1.29, 1.82) is 0 Å². The van der Waals surface area contributed by atoms with E-state index in [1.54, 1.807) is 6.07 Å². The molecule has 1 heterocycles. The van der Waals surface area contributed by atoms with Crippen LogP contribution in [-0.4, -0.2) is 10.7 Å². The molecule has 0 unspecified atom stereocenters. The number of fused-ring (bicyclic) bond motifs is 3. The van der Waals surface area contributed by atoms with E-state index in [1.165, 1.54) is 19.9 Å². The predicted octanol–water partition coefficient (Wildman–Crippen LogP) is 5.74. The Labute approximate surface area is 153 Å². The summed E-state index contributed by atoms with van der Waals surface area (Å²) in [5.74, 6) is -4.09. The van der Waals surface area contributed by atoms with Crippen LogP contribution in [0.4, 0.5) is 0 Å². The van der Waals surface area contributed by atoms with E-state index in [4.69, 9.17) is 15.7 Å². The van der Waals surface area contributed by atoms with E-state index in [1.807, 2.05) is 0 Å². The number of rotatable bonds is 4. The number of hydrogen-bond acceptors (Lipinski definition) is 2. The Hall–Kier alpha value is -1.44. The summed E-state index contributed by atoms with van der Waals surface area (Å²) >= 11 is 0. The van der Waals surface area contributed by atoms with Crippen molar-refractivity contribution in [3.8, 4) is 11.5 Å². The van der Waals surface area contributed by atoms with Crippen molar-refractivity contribution in [1.82, 2.24) is 0 Å². The molecule has 1 aliphatic carbocycles. The number of hydrogen-bond donors (Lipinski definition) is 1. The summed E-state index contributed by atoms with van der Waals surface area (Å²) < 4.78 is 81.4. The number of phenolic OH excluding ortho intramolecular Hbond substituents is 1. The minimum atomic E-state index is -3.12. The zero-order valence-electron chi connectivity index (χ0n) is 22.9. The zero-order chi connectivity index (χ0) is 24.5. The monoisotopic (exact) mass is 323 g/mol. The summed E-state index contributed by atoms with van der Waals surface area (Å²) in [4.78, 5) is 0. The molecule has 1 N–H and O–H groups in total. The number of ether oxygens (including phenoxy) is 1. The highest BCUT2D eigenvalue weighted by Gasteiger charge is 2.45. The number of phenols is 1. The Bertz CT molecular complexity index is 949. The molecule has 0 saturated heterocycles. The largest absolute Gasteiger partial charge is 0.507 e. The lowest BCUT2D eigenvalue weighted by Crippen LogP contribution is -2.45. The van der Waals surface area contributed by atoms with Gasteiger partial charge in [0.25, 0.3) is 0 Å². The lowest BCUT2D eigenvalue weighted by Gasteiger charge is -2.46. The molecule has 0 fully saturated rings. The molecule has 3 rings (SSSR count). The smallest absolute Gasteiger partial charge is 0.127 e. The van der Waals surface area contributed by atoms with Crippen LogP contribution in [0.3, 0.4) is 0 Å². The molecule has 2 atom stereocenters. The quantitative estimate of drug-likeness (QED) is 0.566. The second-order valence-electron chi connectivity index (χ2n) is 6.71. The first-order chi connectivity index (χ1) is 14.4. The summed E-state index contributed by atoms with van der Waals surface area (Å²) in [6.45, 7) is 1.87. The number of benzene rings is 1. The molecule has 0 aromatic heterocycles. The highest BCUT2D eigenvalue weighted by molar-refractivity contribution is 5.53. The first-order valence-electron chi connectivity index (χ1n) is 12.7. The fourth-order valence-corrected chi connectivity index (χ4v) is 3.26. The first-order valence-corrected chi connectivity index (χ1v) is 8.21. The molecule has 0 radical (unpaired) electrons. The van der Waals surface area contributed by atoms with E-state index < -0.39 is 48.6 Å². The van der Waals surface area contributed by atoms with Gasteiger partial charge in [0.05, 0.1) is 1.37 Å². The molecule has 2 nitrogen and oxygen atoms in total. The second kappa shape index (κ2) is 6.22.